The summed E-state index contributed by atoms with van der Waals surface area (Å²) < 4.78 is 16.4. The Hall–Kier alpha value is -2.14. The molecule has 0 aliphatic carbocycles. The van der Waals surface area contributed by atoms with Crippen molar-refractivity contribution in [1.82, 2.24) is 0 Å². The molecule has 0 bridgehead atoms. The van der Waals surface area contributed by atoms with Crippen LogP contribution in [0.1, 0.15) is 23.2 Å². The molecule has 0 N–H and O–H groups in total. The van der Waals surface area contributed by atoms with Crippen molar-refractivity contribution < 1.29 is 18.7 Å². The maximum atomic E-state index is 11.9. The molecule has 1 aromatic heterocycles. The number of ether oxygens (including phenoxy) is 2. The molecule has 20 heavy (non-hydrogen) atoms. The Morgan fingerprint density at radius 2 is 2.30 bits per heavy atom. The number of aldehydes is 1. The van der Waals surface area contributed by atoms with Crippen LogP contribution >= 0.6 is 0 Å². The van der Waals surface area contributed by atoms with Crippen LogP contribution < -0.4 is 10.2 Å². The van der Waals surface area contributed by atoms with Gasteiger partial charge >= 0.3 is 0 Å². The molecular weight excluding hydrogens is 260 g/mol. The van der Waals surface area contributed by atoms with Gasteiger partial charge in [-0.05, 0) is 25.0 Å². The molecule has 1 aliphatic heterocycles. The predicted molar refractivity (Wildman–Crippen MR) is 72.3 cm³/mol. The van der Waals surface area contributed by atoms with Crippen LogP contribution in [0.3, 0.4) is 0 Å². The van der Waals surface area contributed by atoms with Gasteiger partial charge in [-0.15, -0.1) is 0 Å². The van der Waals surface area contributed by atoms with Crippen molar-refractivity contribution in [3.63, 3.8) is 0 Å². The molecule has 2 aromatic rings. The lowest BCUT2D eigenvalue weighted by Crippen LogP contribution is -2.16. The number of hydrogen-bond donors (Lipinski definition) is 0. The third-order valence-corrected chi connectivity index (χ3v) is 3.36. The normalized spacial score (nSPS) is 18.3. The van der Waals surface area contributed by atoms with E-state index in [1.54, 1.807) is 18.2 Å². The number of hydrogen-bond acceptors (Lipinski definition) is 5. The first-order valence-electron chi connectivity index (χ1n) is 6.53. The molecule has 3 rings (SSSR count). The first kappa shape index (κ1) is 12.9. The molecule has 104 valence electrons. The second-order valence-electron chi connectivity index (χ2n) is 4.74. The Kier molecular flexibility index (Phi) is 3.52. The van der Waals surface area contributed by atoms with E-state index in [0.717, 1.165) is 19.4 Å². The lowest BCUT2D eigenvalue weighted by molar-refractivity contribution is 0.0680. The Labute approximate surface area is 115 Å². The van der Waals surface area contributed by atoms with Crippen LogP contribution in [0.5, 0.6) is 5.75 Å². The van der Waals surface area contributed by atoms with E-state index in [-0.39, 0.29) is 17.1 Å². The summed E-state index contributed by atoms with van der Waals surface area (Å²) in [7, 11) is 0. The summed E-state index contributed by atoms with van der Waals surface area (Å²) in [4.78, 5) is 22.6. The number of carbonyl (C=O) groups excluding carboxylic acids is 1. The van der Waals surface area contributed by atoms with Gasteiger partial charge in [0.05, 0.1) is 17.1 Å². The fourth-order valence-corrected chi connectivity index (χ4v) is 2.26. The number of carbonyl (C=O) groups is 1. The van der Waals surface area contributed by atoms with Crippen LogP contribution in [0.2, 0.25) is 0 Å². The largest absolute Gasteiger partial charge is 0.491 e. The number of fused-ring (bicyclic) bond motifs is 1. The van der Waals surface area contributed by atoms with Gasteiger partial charge in [-0.1, -0.05) is 0 Å². The number of rotatable bonds is 4. The van der Waals surface area contributed by atoms with Crippen molar-refractivity contribution in [3.8, 4) is 5.75 Å². The van der Waals surface area contributed by atoms with Crippen LogP contribution in [-0.2, 0) is 4.74 Å². The molecule has 1 saturated heterocycles. The monoisotopic (exact) mass is 274 g/mol. The lowest BCUT2D eigenvalue weighted by atomic mass is 10.2. The second-order valence-corrected chi connectivity index (χ2v) is 4.74. The molecule has 1 aromatic carbocycles. The van der Waals surface area contributed by atoms with Gasteiger partial charge in [-0.2, -0.15) is 0 Å². The van der Waals surface area contributed by atoms with Crippen molar-refractivity contribution in [3.05, 3.63) is 40.2 Å². The molecule has 1 unspecified atom stereocenters. The maximum absolute atomic E-state index is 11.9. The maximum Gasteiger partial charge on any atom is 0.203 e. The highest BCUT2D eigenvalue weighted by molar-refractivity contribution is 5.84. The Bertz CT molecular complexity index is 682. The molecule has 0 spiro atoms. The van der Waals surface area contributed by atoms with Gasteiger partial charge in [0.1, 0.15) is 24.2 Å². The van der Waals surface area contributed by atoms with E-state index in [2.05, 4.69) is 0 Å². The molecule has 1 atom stereocenters. The Morgan fingerprint density at radius 3 is 3.05 bits per heavy atom. The van der Waals surface area contributed by atoms with Crippen molar-refractivity contribution in [2.75, 3.05) is 13.2 Å². The van der Waals surface area contributed by atoms with Gasteiger partial charge < -0.3 is 13.9 Å². The van der Waals surface area contributed by atoms with Crippen LogP contribution in [0.15, 0.2) is 33.7 Å². The van der Waals surface area contributed by atoms with Gasteiger partial charge in [-0.3, -0.25) is 9.59 Å². The highest BCUT2D eigenvalue weighted by Gasteiger charge is 2.16. The summed E-state index contributed by atoms with van der Waals surface area (Å²) in [6.45, 7) is 1.28. The summed E-state index contributed by atoms with van der Waals surface area (Å²) in [5, 5.41) is 0.374. The second kappa shape index (κ2) is 5.46. The van der Waals surface area contributed by atoms with E-state index in [4.69, 9.17) is 13.9 Å². The molecule has 5 nitrogen and oxygen atoms in total. The predicted octanol–water partition coefficient (Wildman–Crippen LogP) is 2.16. The molecular formula is C15H14O5. The fraction of sp³-hybridized carbons (Fsp3) is 0.333. The zero-order chi connectivity index (χ0) is 13.9. The number of benzene rings is 1. The minimum absolute atomic E-state index is 0.0190. The van der Waals surface area contributed by atoms with Gasteiger partial charge in [0.25, 0.3) is 0 Å². The minimum atomic E-state index is -0.327. The summed E-state index contributed by atoms with van der Waals surface area (Å²) in [5.41, 5.74) is 0.0999. The highest BCUT2D eigenvalue weighted by Crippen LogP contribution is 2.20. The third kappa shape index (κ3) is 2.44. The summed E-state index contributed by atoms with van der Waals surface area (Å²) in [6.07, 6.45) is 3.87. The van der Waals surface area contributed by atoms with E-state index in [0.29, 0.717) is 29.6 Å². The molecule has 0 saturated carbocycles. The first-order valence-corrected chi connectivity index (χ1v) is 6.53. The van der Waals surface area contributed by atoms with Crippen molar-refractivity contribution in [2.45, 2.75) is 18.9 Å². The van der Waals surface area contributed by atoms with E-state index < -0.39 is 0 Å². The quantitative estimate of drug-likeness (QED) is 0.799. The van der Waals surface area contributed by atoms with Gasteiger partial charge in [0, 0.05) is 12.7 Å². The fourth-order valence-electron chi connectivity index (χ4n) is 2.26. The molecule has 1 fully saturated rings. The third-order valence-electron chi connectivity index (χ3n) is 3.36. The van der Waals surface area contributed by atoms with Crippen molar-refractivity contribution in [1.29, 1.82) is 0 Å². The highest BCUT2D eigenvalue weighted by atomic mass is 16.5. The van der Waals surface area contributed by atoms with E-state index in [1.165, 1.54) is 6.26 Å². The van der Waals surface area contributed by atoms with Crippen molar-refractivity contribution >= 4 is 17.3 Å². The Morgan fingerprint density at radius 1 is 1.40 bits per heavy atom. The molecule has 1 aliphatic rings. The zero-order valence-corrected chi connectivity index (χ0v) is 10.8. The van der Waals surface area contributed by atoms with Gasteiger partial charge in [0.2, 0.25) is 5.43 Å². The van der Waals surface area contributed by atoms with Crippen LogP contribution in [0.25, 0.3) is 11.0 Å². The lowest BCUT2D eigenvalue weighted by Gasteiger charge is -2.11. The minimum Gasteiger partial charge on any atom is -0.491 e. The van der Waals surface area contributed by atoms with E-state index >= 15 is 0 Å². The zero-order valence-electron chi connectivity index (χ0n) is 10.8. The topological polar surface area (TPSA) is 65.7 Å². The molecule has 0 radical (unpaired) electrons. The van der Waals surface area contributed by atoms with Crippen LogP contribution in [0, 0.1) is 0 Å². The summed E-state index contributed by atoms with van der Waals surface area (Å²) in [5.74, 6) is 0.620. The molecule has 2 heterocycles. The molecule has 5 heteroatoms. The van der Waals surface area contributed by atoms with Crippen molar-refractivity contribution in [2.24, 2.45) is 0 Å². The standard InChI is InChI=1S/C15H14O5/c16-7-10-8-20-14-6-11(3-4-13(14)15(10)17)19-9-12-2-1-5-18-12/h3-4,6-8,12H,1-2,5,9H2. The molecule has 0 amide bonds. The SMILES string of the molecule is O=Cc1coc2cc(OCC3CCCO3)ccc2c1=O. The summed E-state index contributed by atoms with van der Waals surface area (Å²) >= 11 is 0. The summed E-state index contributed by atoms with van der Waals surface area (Å²) in [6, 6.07) is 4.96. The average molecular weight is 274 g/mol. The van der Waals surface area contributed by atoms with Gasteiger partial charge in [-0.25, -0.2) is 0 Å². The smallest absolute Gasteiger partial charge is 0.203 e. The van der Waals surface area contributed by atoms with E-state index in [1.807, 2.05) is 0 Å². The first-order chi connectivity index (χ1) is 9.78. The van der Waals surface area contributed by atoms with Crippen LogP contribution in [-0.4, -0.2) is 25.6 Å². The Balaban J connectivity index is 1.83. The van der Waals surface area contributed by atoms with Gasteiger partial charge in [0.15, 0.2) is 6.29 Å². The van der Waals surface area contributed by atoms with E-state index in [9.17, 15) is 9.59 Å². The van der Waals surface area contributed by atoms with Crippen LogP contribution in [0.4, 0.5) is 0 Å². The average Bonchev–Trinajstić information content (AvgIpc) is 2.99.